The zero-order valence-corrected chi connectivity index (χ0v) is 12.5. The van der Waals surface area contributed by atoms with E-state index in [1.165, 1.54) is 12.0 Å². The number of halogens is 2. The van der Waals surface area contributed by atoms with Gasteiger partial charge in [0.2, 0.25) is 0 Å². The molecule has 0 saturated carbocycles. The number of hydrogen-bond donors (Lipinski definition) is 1. The Kier molecular flexibility index (Phi) is 4.14. The largest absolute Gasteiger partial charge is 0.497 e. The van der Waals surface area contributed by atoms with Crippen molar-refractivity contribution in [1.29, 1.82) is 0 Å². The number of benzene rings is 2. The zero-order valence-electron chi connectivity index (χ0n) is 12.5. The third-order valence-electron chi connectivity index (χ3n) is 3.81. The molecule has 1 unspecified atom stereocenters. The minimum absolute atomic E-state index is 0.212. The van der Waals surface area contributed by atoms with Crippen molar-refractivity contribution in [3.05, 3.63) is 54.1 Å². The molecule has 1 atom stereocenters. The molecule has 1 amide bonds. The Morgan fingerprint density at radius 3 is 2.61 bits per heavy atom. The summed E-state index contributed by atoms with van der Waals surface area (Å²) in [4.78, 5) is 13.5. The maximum atomic E-state index is 13.5. The number of fused-ring (bicyclic) bond motifs is 1. The summed E-state index contributed by atoms with van der Waals surface area (Å²) in [5, 5.41) is 2.54. The lowest BCUT2D eigenvalue weighted by Crippen LogP contribution is -2.51. The first-order chi connectivity index (χ1) is 11.1. The van der Waals surface area contributed by atoms with Crippen LogP contribution in [0.1, 0.15) is 5.56 Å². The minimum atomic E-state index is -2.79. The van der Waals surface area contributed by atoms with Crippen LogP contribution in [0.15, 0.2) is 48.5 Å². The van der Waals surface area contributed by atoms with Crippen LogP contribution in [-0.4, -0.2) is 25.5 Å². The Hall–Kier alpha value is -2.63. The predicted octanol–water partition coefficient (Wildman–Crippen LogP) is 3.29. The summed E-state index contributed by atoms with van der Waals surface area (Å²) in [5.74, 6) is -0.153. The van der Waals surface area contributed by atoms with Gasteiger partial charge in [-0.25, -0.2) is 8.78 Å². The Labute approximate surface area is 132 Å². The van der Waals surface area contributed by atoms with Crippen LogP contribution in [0.3, 0.4) is 0 Å². The van der Waals surface area contributed by atoms with Gasteiger partial charge in [0.15, 0.2) is 6.04 Å². The number of nitrogens with zero attached hydrogens (tertiary/aromatic N) is 1. The van der Waals surface area contributed by atoms with E-state index in [2.05, 4.69) is 5.32 Å². The molecule has 1 aliphatic heterocycles. The number of carbonyl (C=O) groups is 1. The van der Waals surface area contributed by atoms with E-state index in [1.807, 2.05) is 30.3 Å². The molecule has 2 aromatic rings. The first-order valence-electron chi connectivity index (χ1n) is 7.18. The van der Waals surface area contributed by atoms with Gasteiger partial charge in [0.1, 0.15) is 5.75 Å². The zero-order chi connectivity index (χ0) is 16.4. The summed E-state index contributed by atoms with van der Waals surface area (Å²) < 4.78 is 32.1. The SMILES string of the molecule is COc1ccc2c(c1)N(Cc1ccccc1)C(C(F)F)C(=O)N2. The Morgan fingerprint density at radius 1 is 1.22 bits per heavy atom. The van der Waals surface area contributed by atoms with Gasteiger partial charge in [0.25, 0.3) is 12.3 Å². The average Bonchev–Trinajstić information content (AvgIpc) is 2.55. The number of anilines is 2. The number of ether oxygens (including phenoxy) is 1. The predicted molar refractivity (Wildman–Crippen MR) is 84.0 cm³/mol. The normalized spacial score (nSPS) is 17.0. The molecule has 1 aliphatic rings. The van der Waals surface area contributed by atoms with Gasteiger partial charge in [-0.1, -0.05) is 30.3 Å². The van der Waals surface area contributed by atoms with Crippen LogP contribution in [0, 0.1) is 0 Å². The van der Waals surface area contributed by atoms with E-state index in [0.717, 1.165) is 5.56 Å². The second kappa shape index (κ2) is 6.24. The van der Waals surface area contributed by atoms with Crippen LogP contribution in [0.4, 0.5) is 20.2 Å². The van der Waals surface area contributed by atoms with Crippen molar-refractivity contribution in [3.63, 3.8) is 0 Å². The monoisotopic (exact) mass is 318 g/mol. The quantitative estimate of drug-likeness (QED) is 0.940. The Bertz CT molecular complexity index is 707. The maximum Gasteiger partial charge on any atom is 0.267 e. The smallest absolute Gasteiger partial charge is 0.267 e. The fourth-order valence-electron chi connectivity index (χ4n) is 2.69. The van der Waals surface area contributed by atoms with E-state index in [-0.39, 0.29) is 6.54 Å². The van der Waals surface area contributed by atoms with Crippen molar-refractivity contribution in [2.24, 2.45) is 0 Å². The van der Waals surface area contributed by atoms with E-state index in [9.17, 15) is 13.6 Å². The number of methoxy groups -OCH3 is 1. The lowest BCUT2D eigenvalue weighted by atomic mass is 10.1. The topological polar surface area (TPSA) is 41.6 Å². The van der Waals surface area contributed by atoms with Crippen molar-refractivity contribution >= 4 is 17.3 Å². The van der Waals surface area contributed by atoms with Crippen LogP contribution in [0.5, 0.6) is 5.75 Å². The number of nitrogens with one attached hydrogen (secondary N) is 1. The lowest BCUT2D eigenvalue weighted by molar-refractivity contribution is -0.120. The third-order valence-corrected chi connectivity index (χ3v) is 3.81. The lowest BCUT2D eigenvalue weighted by Gasteiger charge is -2.37. The molecule has 23 heavy (non-hydrogen) atoms. The van der Waals surface area contributed by atoms with Gasteiger partial charge < -0.3 is 15.0 Å². The van der Waals surface area contributed by atoms with Gasteiger partial charge in [-0.2, -0.15) is 0 Å². The number of alkyl halides is 2. The average molecular weight is 318 g/mol. The molecule has 0 bridgehead atoms. The van der Waals surface area contributed by atoms with Gasteiger partial charge in [-0.15, -0.1) is 0 Å². The molecule has 0 saturated heterocycles. The number of rotatable bonds is 4. The van der Waals surface area contributed by atoms with Crippen LogP contribution >= 0.6 is 0 Å². The van der Waals surface area contributed by atoms with Crippen LogP contribution < -0.4 is 15.0 Å². The highest BCUT2D eigenvalue weighted by Gasteiger charge is 2.39. The van der Waals surface area contributed by atoms with Crippen molar-refractivity contribution in [2.45, 2.75) is 19.0 Å². The maximum absolute atomic E-state index is 13.5. The molecule has 3 rings (SSSR count). The number of hydrogen-bond acceptors (Lipinski definition) is 3. The second-order valence-corrected chi connectivity index (χ2v) is 5.27. The third kappa shape index (κ3) is 2.97. The standard InChI is InChI=1S/C17H16F2N2O2/c1-23-12-7-8-13-14(9-12)21(10-11-5-3-2-4-6-11)15(16(18)19)17(22)20-13/h2-9,15-16H,10H2,1H3,(H,20,22). The molecular weight excluding hydrogens is 302 g/mol. The van der Waals surface area contributed by atoms with E-state index in [0.29, 0.717) is 17.1 Å². The molecule has 120 valence electrons. The summed E-state index contributed by atoms with van der Waals surface area (Å²) in [6.45, 7) is 0.212. The molecule has 4 nitrogen and oxygen atoms in total. The van der Waals surface area contributed by atoms with Gasteiger partial charge in [-0.3, -0.25) is 4.79 Å². The minimum Gasteiger partial charge on any atom is -0.497 e. The molecule has 0 spiro atoms. The molecule has 1 heterocycles. The summed E-state index contributed by atoms with van der Waals surface area (Å²) in [5.41, 5.74) is 1.88. The molecule has 0 aromatic heterocycles. The van der Waals surface area contributed by atoms with E-state index >= 15 is 0 Å². The second-order valence-electron chi connectivity index (χ2n) is 5.27. The number of amides is 1. The molecule has 0 aliphatic carbocycles. The fourth-order valence-corrected chi connectivity index (χ4v) is 2.69. The summed E-state index contributed by atoms with van der Waals surface area (Å²) >= 11 is 0. The molecule has 0 radical (unpaired) electrons. The van der Waals surface area contributed by atoms with E-state index in [1.54, 1.807) is 18.2 Å². The molecule has 0 fully saturated rings. The fraction of sp³-hybridized carbons (Fsp3) is 0.235. The van der Waals surface area contributed by atoms with E-state index < -0.39 is 18.4 Å². The molecular formula is C17H16F2N2O2. The van der Waals surface area contributed by atoms with Gasteiger partial charge >= 0.3 is 0 Å². The highest BCUT2D eigenvalue weighted by molar-refractivity contribution is 6.04. The summed E-state index contributed by atoms with van der Waals surface area (Å²) in [6, 6.07) is 12.7. The van der Waals surface area contributed by atoms with Gasteiger partial charge in [0.05, 0.1) is 18.5 Å². The summed E-state index contributed by atoms with van der Waals surface area (Å²) in [6.07, 6.45) is -2.79. The van der Waals surface area contributed by atoms with Crippen molar-refractivity contribution in [2.75, 3.05) is 17.3 Å². The first kappa shape index (κ1) is 15.3. The highest BCUT2D eigenvalue weighted by Crippen LogP contribution is 2.37. The molecule has 1 N–H and O–H groups in total. The Morgan fingerprint density at radius 2 is 1.96 bits per heavy atom. The van der Waals surface area contributed by atoms with Crippen molar-refractivity contribution < 1.29 is 18.3 Å². The van der Waals surface area contributed by atoms with Crippen molar-refractivity contribution in [1.82, 2.24) is 0 Å². The van der Waals surface area contributed by atoms with Gasteiger partial charge in [0, 0.05) is 12.6 Å². The Balaban J connectivity index is 2.05. The van der Waals surface area contributed by atoms with E-state index in [4.69, 9.17) is 4.74 Å². The highest BCUT2D eigenvalue weighted by atomic mass is 19.3. The summed E-state index contributed by atoms with van der Waals surface area (Å²) in [7, 11) is 1.51. The van der Waals surface area contributed by atoms with Crippen LogP contribution in [0.2, 0.25) is 0 Å². The molecule has 2 aromatic carbocycles. The molecule has 6 heteroatoms. The van der Waals surface area contributed by atoms with Crippen molar-refractivity contribution in [3.8, 4) is 5.75 Å². The van der Waals surface area contributed by atoms with Gasteiger partial charge in [-0.05, 0) is 17.7 Å². The first-order valence-corrected chi connectivity index (χ1v) is 7.18. The van der Waals surface area contributed by atoms with Crippen LogP contribution in [0.25, 0.3) is 0 Å². The van der Waals surface area contributed by atoms with Crippen LogP contribution in [-0.2, 0) is 11.3 Å². The number of carbonyl (C=O) groups excluding carboxylic acids is 1.